The van der Waals surface area contributed by atoms with E-state index in [1.54, 1.807) is 18.2 Å². The summed E-state index contributed by atoms with van der Waals surface area (Å²) in [6.45, 7) is 1.88. The summed E-state index contributed by atoms with van der Waals surface area (Å²) < 4.78 is 24.6. The molecule has 0 amide bonds. The van der Waals surface area contributed by atoms with Crippen molar-refractivity contribution in [1.82, 2.24) is 0 Å². The Morgan fingerprint density at radius 1 is 1.50 bits per heavy atom. The van der Waals surface area contributed by atoms with E-state index in [1.807, 2.05) is 6.92 Å². The molecule has 0 bridgehead atoms. The molecule has 0 radical (unpaired) electrons. The first-order valence-corrected chi connectivity index (χ1v) is 6.92. The molecule has 1 aromatic rings. The average Bonchev–Trinajstić information content (AvgIpc) is 2.10. The van der Waals surface area contributed by atoms with Crippen molar-refractivity contribution >= 4 is 43.2 Å². The fourth-order valence-corrected chi connectivity index (χ4v) is 2.15. The van der Waals surface area contributed by atoms with Gasteiger partial charge in [-0.25, -0.2) is 8.42 Å². The first-order chi connectivity index (χ1) is 6.44. The molecule has 0 fully saturated rings. The quantitative estimate of drug-likeness (QED) is 0.872. The van der Waals surface area contributed by atoms with E-state index in [-0.39, 0.29) is 4.66 Å². The van der Waals surface area contributed by atoms with E-state index in [9.17, 15) is 8.42 Å². The molecule has 0 aromatic heterocycles. The highest BCUT2D eigenvalue weighted by atomic mass is 79.9. The molecule has 0 aliphatic carbocycles. The minimum atomic E-state index is -3.33. The number of hydrogen-bond acceptors (Lipinski definition) is 2. The third-order valence-corrected chi connectivity index (χ3v) is 4.47. The number of rotatable bonds is 3. The van der Waals surface area contributed by atoms with Gasteiger partial charge in [0.25, 0.3) is 0 Å². The van der Waals surface area contributed by atoms with Crippen LogP contribution in [0.15, 0.2) is 18.2 Å². The topological polar surface area (TPSA) is 46.2 Å². The van der Waals surface area contributed by atoms with Crippen LogP contribution in [0.1, 0.15) is 5.56 Å². The molecule has 0 unspecified atom stereocenters. The van der Waals surface area contributed by atoms with Gasteiger partial charge in [-0.05, 0) is 24.6 Å². The molecule has 0 aliphatic heterocycles. The zero-order valence-electron chi connectivity index (χ0n) is 7.42. The fourth-order valence-electron chi connectivity index (χ4n) is 0.898. The number of hydrogen-bond donors (Lipinski definition) is 1. The molecular formula is C8H9BrClNO2S. The van der Waals surface area contributed by atoms with Crippen LogP contribution in [0.4, 0.5) is 5.69 Å². The van der Waals surface area contributed by atoms with Crippen LogP contribution in [0.5, 0.6) is 0 Å². The van der Waals surface area contributed by atoms with Crippen molar-refractivity contribution in [3.63, 3.8) is 0 Å². The molecule has 0 atom stereocenters. The van der Waals surface area contributed by atoms with E-state index in [0.717, 1.165) is 5.56 Å². The number of sulfonamides is 1. The Morgan fingerprint density at radius 2 is 2.14 bits per heavy atom. The normalized spacial score (nSPS) is 11.4. The third-order valence-electron chi connectivity index (χ3n) is 1.53. The van der Waals surface area contributed by atoms with Crippen LogP contribution in [0, 0.1) is 6.92 Å². The number of halogens is 2. The van der Waals surface area contributed by atoms with E-state index < -0.39 is 10.0 Å². The van der Waals surface area contributed by atoms with Crippen LogP contribution in [0.2, 0.25) is 5.02 Å². The Hall–Kier alpha value is -0.260. The summed E-state index contributed by atoms with van der Waals surface area (Å²) in [6.07, 6.45) is 0. The lowest BCUT2D eigenvalue weighted by atomic mass is 10.2. The molecular weight excluding hydrogens is 290 g/mol. The number of nitrogens with one attached hydrogen (secondary N) is 1. The Labute approximate surface area is 96.6 Å². The van der Waals surface area contributed by atoms with Gasteiger partial charge in [-0.15, -0.1) is 0 Å². The van der Waals surface area contributed by atoms with Gasteiger partial charge >= 0.3 is 0 Å². The molecule has 6 heteroatoms. The molecule has 0 saturated carbocycles. The van der Waals surface area contributed by atoms with Crippen LogP contribution >= 0.6 is 27.5 Å². The van der Waals surface area contributed by atoms with Crippen LogP contribution in [0.25, 0.3) is 0 Å². The number of benzene rings is 1. The monoisotopic (exact) mass is 297 g/mol. The summed E-state index contributed by atoms with van der Waals surface area (Å²) in [4.78, 5) is 0. The van der Waals surface area contributed by atoms with E-state index >= 15 is 0 Å². The Kier molecular flexibility index (Phi) is 3.80. The van der Waals surface area contributed by atoms with Crippen molar-refractivity contribution in [1.29, 1.82) is 0 Å². The SMILES string of the molecule is Cc1ccc(NS(=O)(=O)CBr)c(Cl)c1. The summed E-state index contributed by atoms with van der Waals surface area (Å²) in [5.74, 6) is 0. The lowest BCUT2D eigenvalue weighted by Gasteiger charge is -2.07. The van der Waals surface area contributed by atoms with E-state index in [2.05, 4.69) is 20.7 Å². The minimum absolute atomic E-state index is 0.149. The van der Waals surface area contributed by atoms with Gasteiger partial charge in [0.15, 0.2) is 0 Å². The fraction of sp³-hybridized carbons (Fsp3) is 0.250. The maximum absolute atomic E-state index is 11.2. The highest BCUT2D eigenvalue weighted by molar-refractivity contribution is 9.10. The predicted molar refractivity (Wildman–Crippen MR) is 62.5 cm³/mol. The maximum atomic E-state index is 11.2. The van der Waals surface area contributed by atoms with Crippen molar-refractivity contribution in [2.75, 3.05) is 9.38 Å². The first-order valence-electron chi connectivity index (χ1n) is 3.77. The second-order valence-corrected chi connectivity index (χ2v) is 6.24. The molecule has 78 valence electrons. The van der Waals surface area contributed by atoms with E-state index in [4.69, 9.17) is 11.6 Å². The highest BCUT2D eigenvalue weighted by Crippen LogP contribution is 2.23. The molecule has 0 heterocycles. The molecule has 14 heavy (non-hydrogen) atoms. The largest absolute Gasteiger partial charge is 0.281 e. The van der Waals surface area contributed by atoms with Gasteiger partial charge in [0.05, 0.1) is 10.7 Å². The Bertz CT molecular complexity index is 433. The summed E-state index contributed by atoms with van der Waals surface area (Å²) in [5.41, 5.74) is 1.38. The average molecular weight is 299 g/mol. The summed E-state index contributed by atoms with van der Waals surface area (Å²) >= 11 is 8.72. The molecule has 0 aliphatic rings. The summed E-state index contributed by atoms with van der Waals surface area (Å²) in [6, 6.07) is 5.13. The molecule has 1 aromatic carbocycles. The van der Waals surface area contributed by atoms with Gasteiger partial charge in [-0.1, -0.05) is 33.6 Å². The third kappa shape index (κ3) is 3.15. The van der Waals surface area contributed by atoms with Gasteiger partial charge in [-0.3, -0.25) is 4.72 Å². The molecule has 1 N–H and O–H groups in total. The van der Waals surface area contributed by atoms with Crippen LogP contribution in [-0.4, -0.2) is 13.1 Å². The Morgan fingerprint density at radius 3 is 2.64 bits per heavy atom. The number of aryl methyl sites for hydroxylation is 1. The molecule has 0 saturated heterocycles. The molecule has 1 rings (SSSR count). The first kappa shape index (κ1) is 11.8. The van der Waals surface area contributed by atoms with Crippen molar-refractivity contribution in [3.8, 4) is 0 Å². The van der Waals surface area contributed by atoms with Crippen LogP contribution in [0.3, 0.4) is 0 Å². The van der Waals surface area contributed by atoms with Gasteiger partial charge in [0.1, 0.15) is 4.66 Å². The second-order valence-electron chi connectivity index (χ2n) is 2.81. The second kappa shape index (κ2) is 4.51. The van der Waals surface area contributed by atoms with Gasteiger partial charge in [0, 0.05) is 0 Å². The highest BCUT2D eigenvalue weighted by Gasteiger charge is 2.09. The van der Waals surface area contributed by atoms with Crippen molar-refractivity contribution in [2.45, 2.75) is 6.92 Å². The summed E-state index contributed by atoms with van der Waals surface area (Å²) in [7, 11) is -3.33. The van der Waals surface area contributed by atoms with E-state index in [1.165, 1.54) is 0 Å². The zero-order valence-corrected chi connectivity index (χ0v) is 10.6. The maximum Gasteiger partial charge on any atom is 0.242 e. The smallest absolute Gasteiger partial charge is 0.242 e. The van der Waals surface area contributed by atoms with Crippen molar-refractivity contribution < 1.29 is 8.42 Å². The predicted octanol–water partition coefficient (Wildman–Crippen LogP) is 2.74. The lowest BCUT2D eigenvalue weighted by molar-refractivity contribution is 0.606. The van der Waals surface area contributed by atoms with Crippen LogP contribution < -0.4 is 4.72 Å². The molecule has 0 spiro atoms. The summed E-state index contributed by atoms with van der Waals surface area (Å²) in [5, 5.41) is 0.398. The van der Waals surface area contributed by atoms with Crippen molar-refractivity contribution in [2.24, 2.45) is 0 Å². The number of alkyl halides is 1. The van der Waals surface area contributed by atoms with Gasteiger partial charge < -0.3 is 0 Å². The lowest BCUT2D eigenvalue weighted by Crippen LogP contribution is -2.13. The van der Waals surface area contributed by atoms with Gasteiger partial charge in [-0.2, -0.15) is 0 Å². The standard InChI is InChI=1S/C8H9BrClNO2S/c1-6-2-3-8(7(10)4-6)11-14(12,13)5-9/h2-4,11H,5H2,1H3. The molecule has 3 nitrogen and oxygen atoms in total. The number of anilines is 1. The Balaban J connectivity index is 2.99. The minimum Gasteiger partial charge on any atom is -0.281 e. The zero-order chi connectivity index (χ0) is 10.8. The van der Waals surface area contributed by atoms with Gasteiger partial charge in [0.2, 0.25) is 10.0 Å². The van der Waals surface area contributed by atoms with Crippen molar-refractivity contribution in [3.05, 3.63) is 28.8 Å². The van der Waals surface area contributed by atoms with Crippen LogP contribution in [-0.2, 0) is 10.0 Å². The van der Waals surface area contributed by atoms with E-state index in [0.29, 0.717) is 10.7 Å².